The van der Waals surface area contributed by atoms with E-state index in [4.69, 9.17) is 4.42 Å². The van der Waals surface area contributed by atoms with Gasteiger partial charge in [-0.3, -0.25) is 0 Å². The predicted octanol–water partition coefficient (Wildman–Crippen LogP) is 2.94. The van der Waals surface area contributed by atoms with Gasteiger partial charge >= 0.3 is 11.8 Å². The minimum absolute atomic E-state index is 0.100. The van der Waals surface area contributed by atoms with E-state index >= 15 is 0 Å². The Bertz CT molecular complexity index is 776. The van der Waals surface area contributed by atoms with E-state index in [2.05, 4.69) is 5.32 Å². The Labute approximate surface area is 131 Å². The van der Waals surface area contributed by atoms with Gasteiger partial charge in [0, 0.05) is 12.7 Å². The zero-order chi connectivity index (χ0) is 17.0. The van der Waals surface area contributed by atoms with Crippen LogP contribution in [0.15, 0.2) is 52.0 Å². The van der Waals surface area contributed by atoms with Gasteiger partial charge in [0.2, 0.25) is 9.84 Å². The number of furan rings is 1. The lowest BCUT2D eigenvalue weighted by atomic mass is 10.3. The minimum atomic E-state index is -4.71. The van der Waals surface area contributed by atoms with Crippen molar-refractivity contribution in [1.29, 1.82) is 0 Å². The summed E-state index contributed by atoms with van der Waals surface area (Å²) in [5, 5.41) is 2.44. The number of carbonyl (C=O) groups is 1. The highest BCUT2D eigenvalue weighted by Crippen LogP contribution is 2.21. The van der Waals surface area contributed by atoms with Crippen molar-refractivity contribution in [3.63, 3.8) is 0 Å². The molecule has 6 nitrogen and oxygen atoms in total. The van der Waals surface area contributed by atoms with Crippen LogP contribution in [-0.4, -0.2) is 32.2 Å². The molecular formula is C14H14F2N2O4S. The quantitative estimate of drug-likeness (QED) is 0.904. The number of hydrogen-bond donors (Lipinski definition) is 1. The molecule has 9 heteroatoms. The molecule has 0 fully saturated rings. The summed E-state index contributed by atoms with van der Waals surface area (Å²) in [6.45, 7) is 0.202. The van der Waals surface area contributed by atoms with Crippen molar-refractivity contribution in [2.45, 2.75) is 17.2 Å². The smallest absolute Gasteiger partial charge is 0.341 e. The van der Waals surface area contributed by atoms with E-state index in [0.29, 0.717) is 5.76 Å². The van der Waals surface area contributed by atoms with E-state index in [1.54, 1.807) is 12.1 Å². The van der Waals surface area contributed by atoms with Gasteiger partial charge in [0.1, 0.15) is 5.76 Å². The molecule has 0 saturated heterocycles. The molecule has 124 valence electrons. The molecule has 0 atom stereocenters. The lowest BCUT2D eigenvalue weighted by molar-refractivity contribution is 0.217. The third-order valence-corrected chi connectivity index (χ3v) is 4.35. The number of benzene rings is 1. The molecule has 0 saturated carbocycles. The molecule has 0 aliphatic carbocycles. The second-order valence-corrected chi connectivity index (χ2v) is 6.62. The first-order valence-electron chi connectivity index (χ1n) is 6.47. The normalized spacial score (nSPS) is 11.5. The van der Waals surface area contributed by atoms with Crippen LogP contribution in [0.2, 0.25) is 0 Å². The van der Waals surface area contributed by atoms with Gasteiger partial charge in [0.25, 0.3) is 0 Å². The molecule has 1 aromatic heterocycles. The molecule has 2 rings (SSSR count). The van der Waals surface area contributed by atoms with E-state index in [-0.39, 0.29) is 12.2 Å². The Kier molecular flexibility index (Phi) is 4.99. The summed E-state index contributed by atoms with van der Waals surface area (Å²) in [5.41, 5.74) is 0.100. The van der Waals surface area contributed by atoms with Gasteiger partial charge in [-0.15, -0.1) is 0 Å². The molecule has 0 aliphatic rings. The lowest BCUT2D eigenvalue weighted by Crippen LogP contribution is -2.30. The SMILES string of the molecule is CN(Cc1ccco1)C(=O)Nc1cccc(S(=O)(=O)C(F)F)c1. The fraction of sp³-hybridized carbons (Fsp3) is 0.214. The number of nitrogens with zero attached hydrogens (tertiary/aromatic N) is 1. The Morgan fingerprint density at radius 2 is 2.04 bits per heavy atom. The number of amides is 2. The number of halogens is 2. The number of alkyl halides is 2. The standard InChI is InChI=1S/C14H14F2N2O4S/c1-18(9-11-5-3-7-22-11)14(19)17-10-4-2-6-12(8-10)23(20,21)13(15)16/h2-8,13H,9H2,1H3,(H,17,19). The maximum Gasteiger partial charge on any atom is 0.341 e. The first kappa shape index (κ1) is 16.9. The van der Waals surface area contributed by atoms with Crippen molar-refractivity contribution >= 4 is 21.6 Å². The highest BCUT2D eigenvalue weighted by Gasteiger charge is 2.26. The molecule has 0 spiro atoms. The van der Waals surface area contributed by atoms with Gasteiger partial charge in [-0.1, -0.05) is 6.07 Å². The van der Waals surface area contributed by atoms with Gasteiger partial charge < -0.3 is 14.6 Å². The van der Waals surface area contributed by atoms with Crippen LogP contribution in [-0.2, 0) is 16.4 Å². The lowest BCUT2D eigenvalue weighted by Gasteiger charge is -2.17. The van der Waals surface area contributed by atoms with E-state index in [1.807, 2.05) is 0 Å². The highest BCUT2D eigenvalue weighted by molar-refractivity contribution is 7.91. The number of anilines is 1. The van der Waals surface area contributed by atoms with E-state index in [9.17, 15) is 22.0 Å². The molecule has 2 amide bonds. The van der Waals surface area contributed by atoms with E-state index < -0.39 is 26.5 Å². The van der Waals surface area contributed by atoms with Crippen molar-refractivity contribution in [2.24, 2.45) is 0 Å². The minimum Gasteiger partial charge on any atom is -0.467 e. The van der Waals surface area contributed by atoms with Crippen LogP contribution >= 0.6 is 0 Å². The maximum absolute atomic E-state index is 12.5. The largest absolute Gasteiger partial charge is 0.467 e. The Morgan fingerprint density at radius 1 is 1.30 bits per heavy atom. The molecule has 1 aromatic carbocycles. The van der Waals surface area contributed by atoms with Gasteiger partial charge in [0.05, 0.1) is 17.7 Å². The molecule has 0 bridgehead atoms. The zero-order valence-electron chi connectivity index (χ0n) is 12.1. The van der Waals surface area contributed by atoms with Crippen molar-refractivity contribution in [3.8, 4) is 0 Å². The molecular weight excluding hydrogens is 330 g/mol. The topological polar surface area (TPSA) is 79.6 Å². The summed E-state index contributed by atoms with van der Waals surface area (Å²) in [7, 11) is -3.20. The van der Waals surface area contributed by atoms with Gasteiger partial charge in [-0.2, -0.15) is 8.78 Å². The molecule has 1 heterocycles. The molecule has 23 heavy (non-hydrogen) atoms. The van der Waals surface area contributed by atoms with Crippen molar-refractivity contribution in [2.75, 3.05) is 12.4 Å². The van der Waals surface area contributed by atoms with Gasteiger partial charge in [-0.05, 0) is 30.3 Å². The van der Waals surface area contributed by atoms with Crippen LogP contribution < -0.4 is 5.32 Å². The fourth-order valence-electron chi connectivity index (χ4n) is 1.78. The summed E-state index contributed by atoms with van der Waals surface area (Å²) in [6, 6.07) is 7.55. The first-order valence-corrected chi connectivity index (χ1v) is 8.02. The number of sulfone groups is 1. The number of urea groups is 1. The van der Waals surface area contributed by atoms with Crippen molar-refractivity contribution in [1.82, 2.24) is 4.90 Å². The third-order valence-electron chi connectivity index (χ3n) is 2.97. The second kappa shape index (κ2) is 6.78. The van der Waals surface area contributed by atoms with Crippen molar-refractivity contribution in [3.05, 3.63) is 48.4 Å². The van der Waals surface area contributed by atoms with Crippen LogP contribution in [0.1, 0.15) is 5.76 Å². The Balaban J connectivity index is 2.09. The van der Waals surface area contributed by atoms with E-state index in [0.717, 1.165) is 12.1 Å². The zero-order valence-corrected chi connectivity index (χ0v) is 12.9. The Morgan fingerprint density at radius 3 is 2.65 bits per heavy atom. The summed E-state index contributed by atoms with van der Waals surface area (Å²) < 4.78 is 53.0. The second-order valence-electron chi connectivity index (χ2n) is 4.70. The summed E-state index contributed by atoms with van der Waals surface area (Å²) in [5.74, 6) is -2.95. The number of rotatable bonds is 5. The monoisotopic (exact) mass is 344 g/mol. The number of carbonyl (C=O) groups excluding carboxylic acids is 1. The average Bonchev–Trinajstić information content (AvgIpc) is 3.00. The van der Waals surface area contributed by atoms with E-state index in [1.165, 1.54) is 30.3 Å². The van der Waals surface area contributed by atoms with Crippen LogP contribution in [0.5, 0.6) is 0 Å². The number of nitrogens with one attached hydrogen (secondary N) is 1. The first-order chi connectivity index (χ1) is 10.8. The molecule has 0 aliphatic heterocycles. The van der Waals surface area contributed by atoms with Crippen LogP contribution in [0, 0.1) is 0 Å². The van der Waals surface area contributed by atoms with Gasteiger partial charge in [0.15, 0.2) is 0 Å². The fourth-order valence-corrected chi connectivity index (χ4v) is 2.55. The van der Waals surface area contributed by atoms with Crippen molar-refractivity contribution < 1.29 is 26.4 Å². The molecule has 0 unspecified atom stereocenters. The maximum atomic E-state index is 12.5. The van der Waals surface area contributed by atoms with Crippen LogP contribution in [0.25, 0.3) is 0 Å². The molecule has 2 aromatic rings. The predicted molar refractivity (Wildman–Crippen MR) is 78.8 cm³/mol. The average molecular weight is 344 g/mol. The van der Waals surface area contributed by atoms with Crippen LogP contribution in [0.4, 0.5) is 19.3 Å². The summed E-state index contributed by atoms with van der Waals surface area (Å²) in [6.07, 6.45) is 1.47. The molecule has 1 N–H and O–H groups in total. The van der Waals surface area contributed by atoms with Gasteiger partial charge in [-0.25, -0.2) is 13.2 Å². The number of hydrogen-bond acceptors (Lipinski definition) is 4. The third kappa shape index (κ3) is 4.07. The molecule has 0 radical (unpaired) electrons. The summed E-state index contributed by atoms with van der Waals surface area (Å²) in [4.78, 5) is 12.8. The summed E-state index contributed by atoms with van der Waals surface area (Å²) >= 11 is 0. The highest BCUT2D eigenvalue weighted by atomic mass is 32.2. The van der Waals surface area contributed by atoms with Crippen LogP contribution in [0.3, 0.4) is 0 Å². The Hall–Kier alpha value is -2.42.